The van der Waals surface area contributed by atoms with Crippen molar-refractivity contribution in [3.63, 3.8) is 0 Å². The second-order valence-electron chi connectivity index (χ2n) is 8.82. The Balaban J connectivity index is 1.72. The Hall–Kier alpha value is -3.18. The van der Waals surface area contributed by atoms with Crippen LogP contribution in [0.5, 0.6) is 0 Å². The van der Waals surface area contributed by atoms with Crippen LogP contribution in [0.1, 0.15) is 38.3 Å². The van der Waals surface area contributed by atoms with Crippen molar-refractivity contribution < 1.29 is 22.8 Å². The van der Waals surface area contributed by atoms with Crippen LogP contribution in [0.25, 0.3) is 22.6 Å². The van der Waals surface area contributed by atoms with Crippen LogP contribution >= 0.6 is 22.9 Å². The van der Waals surface area contributed by atoms with Crippen LogP contribution in [0.2, 0.25) is 5.28 Å². The van der Waals surface area contributed by atoms with E-state index >= 15 is 0 Å². The van der Waals surface area contributed by atoms with Gasteiger partial charge in [-0.25, -0.2) is 19.2 Å². The number of halogens is 2. The number of alkyl carbamates (subject to hydrolysis) is 1. The molecule has 0 fully saturated rings. The third-order valence-corrected chi connectivity index (χ3v) is 5.94. The van der Waals surface area contributed by atoms with E-state index in [-0.39, 0.29) is 17.6 Å². The van der Waals surface area contributed by atoms with E-state index in [0.29, 0.717) is 34.8 Å². The maximum Gasteiger partial charge on any atom is 0.407 e. The summed E-state index contributed by atoms with van der Waals surface area (Å²) in [7, 11) is 0. The smallest absolute Gasteiger partial charge is 0.407 e. The normalized spacial score (nSPS) is 13.5. The molecule has 4 aromatic rings. The minimum absolute atomic E-state index is 0.00590. The number of thiophene rings is 1. The number of hydrogen-bond acceptors (Lipinski definition) is 9. The number of alkyl halides is 1. The lowest BCUT2D eigenvalue weighted by atomic mass is 10.0. The second-order valence-corrected chi connectivity index (χ2v) is 10.2. The van der Waals surface area contributed by atoms with Gasteiger partial charge in [0, 0.05) is 11.3 Å². The summed E-state index contributed by atoms with van der Waals surface area (Å²) in [4.78, 5) is 26.3. The topological polar surface area (TPSA) is 115 Å². The van der Waals surface area contributed by atoms with Crippen LogP contribution < -0.4 is 10.6 Å². The fourth-order valence-electron chi connectivity index (χ4n) is 3.40. The summed E-state index contributed by atoms with van der Waals surface area (Å²) >= 11 is 7.82. The number of anilines is 1. The molecule has 4 heterocycles. The highest BCUT2D eigenvalue weighted by molar-refractivity contribution is 7.09. The molecule has 0 radical (unpaired) electrons. The maximum absolute atomic E-state index is 14.6. The zero-order valence-electron chi connectivity index (χ0n) is 19.6. The van der Waals surface area contributed by atoms with Crippen LogP contribution in [-0.2, 0) is 17.7 Å². The number of aromatic nitrogens is 3. The molecular formula is C23H25ClFN5O4S. The number of oxazole rings is 1. The first-order valence-corrected chi connectivity index (χ1v) is 12.1. The Labute approximate surface area is 210 Å². The molecule has 0 spiro atoms. The molecule has 0 aliphatic carbocycles. The molecule has 2 N–H and O–H groups in total. The quantitative estimate of drug-likeness (QED) is 0.271. The molecule has 0 aromatic carbocycles. The third-order valence-electron chi connectivity index (χ3n) is 4.90. The molecule has 9 nitrogen and oxygen atoms in total. The Morgan fingerprint density at radius 1 is 1.34 bits per heavy atom. The van der Waals surface area contributed by atoms with Crippen molar-refractivity contribution in [2.24, 2.45) is 0 Å². The number of rotatable bonds is 8. The summed E-state index contributed by atoms with van der Waals surface area (Å²) in [6.07, 6.45) is 0.712. The molecule has 0 unspecified atom stereocenters. The average molecular weight is 522 g/mol. The molecule has 0 saturated carbocycles. The number of nitrogens with zero attached hydrogens (tertiary/aromatic N) is 3. The number of carbonyl (C=O) groups is 1. The first kappa shape index (κ1) is 24.9. The minimum atomic E-state index is -1.42. The van der Waals surface area contributed by atoms with Gasteiger partial charge in [-0.05, 0) is 50.7 Å². The lowest BCUT2D eigenvalue weighted by Gasteiger charge is -2.24. The highest BCUT2D eigenvalue weighted by atomic mass is 35.5. The van der Waals surface area contributed by atoms with Gasteiger partial charge in [-0.1, -0.05) is 6.07 Å². The number of amides is 1. The van der Waals surface area contributed by atoms with E-state index in [1.165, 1.54) is 19.4 Å². The molecular weight excluding hydrogens is 497 g/mol. The van der Waals surface area contributed by atoms with Gasteiger partial charge < -0.3 is 24.2 Å². The van der Waals surface area contributed by atoms with Gasteiger partial charge in [-0.2, -0.15) is 4.98 Å². The van der Waals surface area contributed by atoms with Gasteiger partial charge in [0.1, 0.15) is 34.9 Å². The van der Waals surface area contributed by atoms with Crippen molar-refractivity contribution in [1.29, 1.82) is 0 Å². The Morgan fingerprint density at radius 2 is 2.14 bits per heavy atom. The van der Waals surface area contributed by atoms with Crippen LogP contribution in [0.3, 0.4) is 0 Å². The van der Waals surface area contributed by atoms with Gasteiger partial charge >= 0.3 is 6.09 Å². The molecule has 0 saturated heterocycles. The fraction of sp³-hybridized carbons (Fsp3) is 0.391. The predicted octanol–water partition coefficient (Wildman–Crippen LogP) is 6.00. The van der Waals surface area contributed by atoms with E-state index < -0.39 is 23.9 Å². The van der Waals surface area contributed by atoms with E-state index in [1.54, 1.807) is 32.1 Å². The molecule has 0 aliphatic rings. The third kappa shape index (κ3) is 6.09. The first-order valence-electron chi connectivity index (χ1n) is 10.9. The largest absolute Gasteiger partial charge is 0.455 e. The minimum Gasteiger partial charge on any atom is -0.455 e. The van der Waals surface area contributed by atoms with Crippen molar-refractivity contribution in [3.8, 4) is 11.5 Å². The monoisotopic (exact) mass is 521 g/mol. The van der Waals surface area contributed by atoms with Crippen molar-refractivity contribution in [2.75, 3.05) is 5.32 Å². The van der Waals surface area contributed by atoms with Crippen LogP contribution in [0.4, 0.5) is 15.0 Å². The number of fused-ring (bicyclic) bond motifs is 1. The number of hydrogen-bond donors (Lipinski definition) is 2. The van der Waals surface area contributed by atoms with Crippen LogP contribution in [-0.4, -0.2) is 38.9 Å². The van der Waals surface area contributed by atoms with Crippen molar-refractivity contribution >= 4 is 45.9 Å². The number of ether oxygens (including phenoxy) is 1. The molecule has 12 heteroatoms. The molecule has 186 valence electrons. The van der Waals surface area contributed by atoms with Gasteiger partial charge in [0.05, 0.1) is 18.8 Å². The SMILES string of the molecule is C[C@H](F)[C@@H](Cc1oc2c(NCc3cccs3)nc(Cl)nc2c1-c1ncco1)NC(=O)OC(C)(C)C. The molecule has 35 heavy (non-hydrogen) atoms. The van der Waals surface area contributed by atoms with Gasteiger partial charge in [-0.3, -0.25) is 0 Å². The van der Waals surface area contributed by atoms with E-state index in [4.69, 9.17) is 25.2 Å². The Kier molecular flexibility index (Phi) is 7.27. The highest BCUT2D eigenvalue weighted by Crippen LogP contribution is 2.37. The number of carbonyl (C=O) groups excluding carboxylic acids is 1. The van der Waals surface area contributed by atoms with E-state index in [9.17, 15) is 9.18 Å². The van der Waals surface area contributed by atoms with Gasteiger partial charge in [0.15, 0.2) is 11.4 Å². The first-order chi connectivity index (χ1) is 16.6. The second kappa shape index (κ2) is 10.2. The maximum atomic E-state index is 14.6. The average Bonchev–Trinajstić information content (AvgIpc) is 3.51. The van der Waals surface area contributed by atoms with Crippen molar-refractivity contribution in [1.82, 2.24) is 20.3 Å². The van der Waals surface area contributed by atoms with E-state index in [0.717, 1.165) is 4.88 Å². The zero-order valence-corrected chi connectivity index (χ0v) is 21.2. The summed E-state index contributed by atoms with van der Waals surface area (Å²) in [6, 6.07) is 2.98. The van der Waals surface area contributed by atoms with Crippen LogP contribution in [0.15, 0.2) is 38.8 Å². The molecule has 1 amide bonds. The van der Waals surface area contributed by atoms with Crippen molar-refractivity contribution in [3.05, 3.63) is 45.9 Å². The lowest BCUT2D eigenvalue weighted by molar-refractivity contribution is 0.0476. The molecule has 0 bridgehead atoms. The standard InChI is InChI=1S/C23H25ClFN5O4S/c1-12(25)14(28-22(31)34-23(2,3)4)10-15-16(20-26-7-8-32-20)17-18(33-15)19(30-21(24)29-17)27-11-13-6-5-9-35-13/h5-9,12,14H,10-11H2,1-4H3,(H,28,31)(H,27,29,30)/t12-,14+/m0/s1. The molecule has 4 aromatic heterocycles. The lowest BCUT2D eigenvalue weighted by Crippen LogP contribution is -2.44. The zero-order chi connectivity index (χ0) is 25.2. The summed E-state index contributed by atoms with van der Waals surface area (Å²) in [5.41, 5.74) is 0.354. The van der Waals surface area contributed by atoms with Gasteiger partial charge in [0.2, 0.25) is 11.2 Å². The summed E-state index contributed by atoms with van der Waals surface area (Å²) in [6.45, 7) is 7.03. The summed E-state index contributed by atoms with van der Waals surface area (Å²) in [5, 5.41) is 7.77. The summed E-state index contributed by atoms with van der Waals surface area (Å²) in [5.74, 6) is 0.904. The number of nitrogens with one attached hydrogen (secondary N) is 2. The van der Waals surface area contributed by atoms with E-state index in [2.05, 4.69) is 25.6 Å². The van der Waals surface area contributed by atoms with Crippen LogP contribution in [0, 0.1) is 0 Å². The fourth-order valence-corrected chi connectivity index (χ4v) is 4.21. The molecule has 0 aliphatic heterocycles. The highest BCUT2D eigenvalue weighted by Gasteiger charge is 2.30. The predicted molar refractivity (Wildman–Crippen MR) is 131 cm³/mol. The van der Waals surface area contributed by atoms with Gasteiger partial charge in [0.25, 0.3) is 0 Å². The Bertz CT molecular complexity index is 1290. The molecule has 2 atom stereocenters. The van der Waals surface area contributed by atoms with Crippen molar-refractivity contribution in [2.45, 2.75) is 58.5 Å². The summed E-state index contributed by atoms with van der Waals surface area (Å²) < 4.78 is 31.5. The number of furan rings is 1. The Morgan fingerprint density at radius 3 is 2.77 bits per heavy atom. The molecule has 4 rings (SSSR count). The van der Waals surface area contributed by atoms with Gasteiger partial charge in [-0.15, -0.1) is 11.3 Å². The van der Waals surface area contributed by atoms with E-state index in [1.807, 2.05) is 17.5 Å².